The Hall–Kier alpha value is -0.910. The van der Waals surface area contributed by atoms with Gasteiger partial charge in [-0.3, -0.25) is 4.79 Å². The minimum atomic E-state index is 0.0327. The predicted molar refractivity (Wildman–Crippen MR) is 81.9 cm³/mol. The van der Waals surface area contributed by atoms with Crippen LogP contribution >= 0.6 is 34.9 Å². The van der Waals surface area contributed by atoms with Gasteiger partial charge in [-0.25, -0.2) is 0 Å². The lowest BCUT2D eigenvalue weighted by atomic mass is 10.3. The second kappa shape index (κ2) is 6.87. The van der Waals surface area contributed by atoms with Gasteiger partial charge in [-0.2, -0.15) is 0 Å². The summed E-state index contributed by atoms with van der Waals surface area (Å²) in [5.74, 6) is 0.482. The second-order valence-corrected chi connectivity index (χ2v) is 6.60. The standard InChI is InChI=1S/C13H13NOS3/c1-16-11-6-4-10(5-7-11)14-12(15)9-18-13-3-2-8-17-13/h2-8H,9H2,1H3,(H,14,15). The van der Waals surface area contributed by atoms with Gasteiger partial charge < -0.3 is 5.32 Å². The molecule has 1 N–H and O–H groups in total. The summed E-state index contributed by atoms with van der Waals surface area (Å²) >= 11 is 4.91. The quantitative estimate of drug-likeness (QED) is 0.838. The van der Waals surface area contributed by atoms with Gasteiger partial charge >= 0.3 is 0 Å². The highest BCUT2D eigenvalue weighted by molar-refractivity contribution is 8.01. The predicted octanol–water partition coefficient (Wildman–Crippen LogP) is 4.20. The van der Waals surface area contributed by atoms with Crippen LogP contribution in [0, 0.1) is 0 Å². The Kier molecular flexibility index (Phi) is 5.16. The number of carbonyl (C=O) groups is 1. The summed E-state index contributed by atoms with van der Waals surface area (Å²) in [4.78, 5) is 12.9. The van der Waals surface area contributed by atoms with Crippen molar-refractivity contribution in [2.45, 2.75) is 9.10 Å². The Labute approximate surface area is 119 Å². The van der Waals surface area contributed by atoms with Gasteiger partial charge in [-0.05, 0) is 42.0 Å². The molecule has 94 valence electrons. The van der Waals surface area contributed by atoms with E-state index in [1.54, 1.807) is 34.9 Å². The van der Waals surface area contributed by atoms with Gasteiger partial charge in [0.2, 0.25) is 5.91 Å². The first-order valence-corrected chi connectivity index (χ1v) is 8.47. The number of amides is 1. The maximum absolute atomic E-state index is 11.7. The van der Waals surface area contributed by atoms with Crippen molar-refractivity contribution in [2.24, 2.45) is 0 Å². The van der Waals surface area contributed by atoms with E-state index in [9.17, 15) is 4.79 Å². The molecule has 0 aliphatic carbocycles. The van der Waals surface area contributed by atoms with Crippen molar-refractivity contribution in [2.75, 3.05) is 17.3 Å². The average molecular weight is 295 g/mol. The van der Waals surface area contributed by atoms with Gasteiger partial charge in [0.1, 0.15) is 0 Å². The summed E-state index contributed by atoms with van der Waals surface area (Å²) in [5.41, 5.74) is 0.851. The molecule has 2 rings (SSSR count). The summed E-state index contributed by atoms with van der Waals surface area (Å²) in [6, 6.07) is 11.9. The van der Waals surface area contributed by atoms with Crippen LogP contribution in [-0.4, -0.2) is 17.9 Å². The Morgan fingerprint density at radius 3 is 2.67 bits per heavy atom. The summed E-state index contributed by atoms with van der Waals surface area (Å²) in [6.07, 6.45) is 2.03. The van der Waals surface area contributed by atoms with Gasteiger partial charge in [0, 0.05) is 10.6 Å². The van der Waals surface area contributed by atoms with Crippen molar-refractivity contribution < 1.29 is 4.79 Å². The third kappa shape index (κ3) is 4.08. The Bertz CT molecular complexity index is 493. The number of hydrogen-bond donors (Lipinski definition) is 1. The molecule has 0 aliphatic heterocycles. The number of nitrogens with one attached hydrogen (secondary N) is 1. The lowest BCUT2D eigenvalue weighted by Gasteiger charge is -2.05. The zero-order valence-corrected chi connectivity index (χ0v) is 12.3. The molecular weight excluding hydrogens is 282 g/mol. The molecule has 0 fully saturated rings. The number of thioether (sulfide) groups is 2. The molecule has 2 aromatic rings. The summed E-state index contributed by atoms with van der Waals surface area (Å²) in [5, 5.41) is 4.91. The number of benzene rings is 1. The van der Waals surface area contributed by atoms with Gasteiger partial charge in [-0.1, -0.05) is 6.07 Å². The van der Waals surface area contributed by atoms with Crippen LogP contribution in [-0.2, 0) is 4.79 Å². The van der Waals surface area contributed by atoms with Crippen LogP contribution in [0.4, 0.5) is 5.69 Å². The largest absolute Gasteiger partial charge is 0.325 e. The van der Waals surface area contributed by atoms with Gasteiger partial charge in [0.25, 0.3) is 0 Å². The van der Waals surface area contributed by atoms with E-state index in [4.69, 9.17) is 0 Å². The van der Waals surface area contributed by atoms with Crippen molar-refractivity contribution in [3.63, 3.8) is 0 Å². The smallest absolute Gasteiger partial charge is 0.234 e. The SMILES string of the molecule is CSc1ccc(NC(=O)CSc2cccs2)cc1. The maximum atomic E-state index is 11.7. The fourth-order valence-corrected chi connectivity index (χ4v) is 3.35. The fraction of sp³-hybridized carbons (Fsp3) is 0.154. The molecule has 0 atom stereocenters. The molecule has 2 nitrogen and oxygen atoms in total. The number of hydrogen-bond acceptors (Lipinski definition) is 4. The van der Waals surface area contributed by atoms with Crippen LogP contribution in [0.2, 0.25) is 0 Å². The fourth-order valence-electron chi connectivity index (χ4n) is 1.35. The van der Waals surface area contributed by atoms with Gasteiger partial charge in [0.15, 0.2) is 0 Å². The maximum Gasteiger partial charge on any atom is 0.234 e. The molecule has 0 radical (unpaired) electrons. The topological polar surface area (TPSA) is 29.1 Å². The van der Waals surface area contributed by atoms with E-state index < -0.39 is 0 Å². The Morgan fingerprint density at radius 2 is 2.06 bits per heavy atom. The van der Waals surface area contributed by atoms with Crippen molar-refractivity contribution in [1.29, 1.82) is 0 Å². The summed E-state index contributed by atoms with van der Waals surface area (Å²) in [6.45, 7) is 0. The van der Waals surface area contributed by atoms with Crippen LogP contribution in [0.25, 0.3) is 0 Å². The monoisotopic (exact) mass is 295 g/mol. The van der Waals surface area contributed by atoms with Gasteiger partial charge in [-0.15, -0.1) is 34.9 Å². The van der Waals surface area contributed by atoms with E-state index in [1.165, 1.54) is 9.10 Å². The van der Waals surface area contributed by atoms with Crippen molar-refractivity contribution in [3.8, 4) is 0 Å². The molecule has 1 heterocycles. The highest BCUT2D eigenvalue weighted by atomic mass is 32.2. The lowest BCUT2D eigenvalue weighted by Crippen LogP contribution is -2.13. The molecule has 0 bridgehead atoms. The molecule has 1 aromatic heterocycles. The first-order chi connectivity index (χ1) is 8.78. The zero-order valence-electron chi connectivity index (χ0n) is 9.88. The molecule has 5 heteroatoms. The molecule has 1 aromatic carbocycles. The molecule has 0 spiro atoms. The number of thiophene rings is 1. The molecule has 0 saturated heterocycles. The normalized spacial score (nSPS) is 10.3. The minimum absolute atomic E-state index is 0.0327. The first-order valence-electron chi connectivity index (χ1n) is 5.38. The molecular formula is C13H13NOS3. The van der Waals surface area contributed by atoms with Crippen molar-refractivity contribution in [3.05, 3.63) is 41.8 Å². The number of carbonyl (C=O) groups excluding carboxylic acids is 1. The van der Waals surface area contributed by atoms with Crippen LogP contribution < -0.4 is 5.32 Å². The highest BCUT2D eigenvalue weighted by Gasteiger charge is 2.04. The van der Waals surface area contributed by atoms with E-state index >= 15 is 0 Å². The van der Waals surface area contributed by atoms with Crippen molar-refractivity contribution >= 4 is 46.5 Å². The third-order valence-corrected chi connectivity index (χ3v) is 5.09. The minimum Gasteiger partial charge on any atom is -0.325 e. The Morgan fingerprint density at radius 1 is 1.28 bits per heavy atom. The van der Waals surface area contributed by atoms with E-state index in [0.29, 0.717) is 5.75 Å². The molecule has 1 amide bonds. The summed E-state index contributed by atoms with van der Waals surface area (Å²) < 4.78 is 1.17. The van der Waals surface area contributed by atoms with Crippen LogP contribution in [0.3, 0.4) is 0 Å². The van der Waals surface area contributed by atoms with Crippen molar-refractivity contribution in [1.82, 2.24) is 0 Å². The molecule has 18 heavy (non-hydrogen) atoms. The lowest BCUT2D eigenvalue weighted by molar-refractivity contribution is -0.113. The van der Waals surface area contributed by atoms with E-state index in [1.807, 2.05) is 48.0 Å². The zero-order chi connectivity index (χ0) is 12.8. The van der Waals surface area contributed by atoms with E-state index in [-0.39, 0.29) is 5.91 Å². The Balaban J connectivity index is 1.83. The third-order valence-electron chi connectivity index (χ3n) is 2.21. The van der Waals surface area contributed by atoms with E-state index in [0.717, 1.165) is 5.69 Å². The second-order valence-electron chi connectivity index (χ2n) is 3.50. The number of anilines is 1. The van der Waals surface area contributed by atoms with Crippen LogP contribution in [0.1, 0.15) is 0 Å². The van der Waals surface area contributed by atoms with Crippen LogP contribution in [0.5, 0.6) is 0 Å². The molecule has 0 saturated carbocycles. The molecule has 0 unspecified atom stereocenters. The summed E-state index contributed by atoms with van der Waals surface area (Å²) in [7, 11) is 0. The van der Waals surface area contributed by atoms with Gasteiger partial charge in [0.05, 0.1) is 9.96 Å². The average Bonchev–Trinajstić information content (AvgIpc) is 2.90. The first kappa shape index (κ1) is 13.5. The molecule has 0 aliphatic rings. The highest BCUT2D eigenvalue weighted by Crippen LogP contribution is 2.23. The van der Waals surface area contributed by atoms with E-state index in [2.05, 4.69) is 5.32 Å². The number of rotatable bonds is 5. The van der Waals surface area contributed by atoms with Crippen LogP contribution in [0.15, 0.2) is 50.9 Å².